The molecule has 2 unspecified atom stereocenters. The van der Waals surface area contributed by atoms with Crippen LogP contribution in [-0.2, 0) is 19.1 Å². The molecule has 0 saturated heterocycles. The van der Waals surface area contributed by atoms with Gasteiger partial charge in [-0.05, 0) is 55.2 Å². The molecule has 0 saturated carbocycles. The highest BCUT2D eigenvalue weighted by Crippen LogP contribution is 2.58. The largest absolute Gasteiger partial charge is 0.497 e. The third-order valence-electron chi connectivity index (χ3n) is 6.15. The SMILES string of the molecule is CCOC(=O)C12C(=CCC1c1ccccc1)OC(=O)C(C)=C2/C=C/c1ccc(OC)cc1. The third kappa shape index (κ3) is 3.54. The lowest BCUT2D eigenvalue weighted by Gasteiger charge is -2.39. The second-order valence-electron chi connectivity index (χ2n) is 7.83. The maximum Gasteiger partial charge on any atom is 0.339 e. The Balaban J connectivity index is 1.87. The lowest BCUT2D eigenvalue weighted by Crippen LogP contribution is -2.44. The van der Waals surface area contributed by atoms with Gasteiger partial charge in [-0.1, -0.05) is 54.6 Å². The number of rotatable bonds is 6. The van der Waals surface area contributed by atoms with Crippen LogP contribution in [0.2, 0.25) is 0 Å². The summed E-state index contributed by atoms with van der Waals surface area (Å²) in [5.41, 5.74) is 1.72. The molecular formula is C27H26O5. The van der Waals surface area contributed by atoms with Crippen molar-refractivity contribution in [3.05, 3.63) is 94.8 Å². The van der Waals surface area contributed by atoms with Crippen LogP contribution in [0.1, 0.15) is 37.3 Å². The summed E-state index contributed by atoms with van der Waals surface area (Å²) in [6.07, 6.45) is 6.16. The van der Waals surface area contributed by atoms with Crippen molar-refractivity contribution >= 4 is 18.0 Å². The van der Waals surface area contributed by atoms with Crippen LogP contribution in [0, 0.1) is 5.41 Å². The first-order chi connectivity index (χ1) is 15.5. The first-order valence-corrected chi connectivity index (χ1v) is 10.7. The van der Waals surface area contributed by atoms with Crippen LogP contribution in [0.5, 0.6) is 5.75 Å². The van der Waals surface area contributed by atoms with Crippen LogP contribution in [0.4, 0.5) is 0 Å². The van der Waals surface area contributed by atoms with E-state index in [4.69, 9.17) is 14.2 Å². The zero-order valence-corrected chi connectivity index (χ0v) is 18.5. The summed E-state index contributed by atoms with van der Waals surface area (Å²) < 4.78 is 16.5. The molecule has 0 bridgehead atoms. The van der Waals surface area contributed by atoms with Crippen molar-refractivity contribution in [1.82, 2.24) is 0 Å². The quantitative estimate of drug-likeness (QED) is 0.589. The van der Waals surface area contributed by atoms with Gasteiger partial charge >= 0.3 is 11.9 Å². The number of fused-ring (bicyclic) bond motifs is 1. The highest BCUT2D eigenvalue weighted by molar-refractivity contribution is 5.99. The number of allylic oxidation sites excluding steroid dienone is 2. The molecule has 2 atom stereocenters. The van der Waals surface area contributed by atoms with E-state index in [9.17, 15) is 9.59 Å². The number of carbonyl (C=O) groups is 2. The van der Waals surface area contributed by atoms with Crippen molar-refractivity contribution in [2.75, 3.05) is 13.7 Å². The van der Waals surface area contributed by atoms with E-state index in [0.29, 0.717) is 23.3 Å². The number of carbonyl (C=O) groups excluding carboxylic acids is 2. The number of benzene rings is 2. The summed E-state index contributed by atoms with van der Waals surface area (Å²) in [7, 11) is 1.62. The fraction of sp³-hybridized carbons (Fsp3) is 0.259. The molecule has 2 aliphatic rings. The van der Waals surface area contributed by atoms with E-state index in [1.165, 1.54) is 0 Å². The molecule has 0 spiro atoms. The maximum atomic E-state index is 13.6. The van der Waals surface area contributed by atoms with E-state index in [1.807, 2.05) is 72.8 Å². The molecule has 5 heteroatoms. The Morgan fingerprint density at radius 3 is 2.50 bits per heavy atom. The average molecular weight is 431 g/mol. The zero-order chi connectivity index (χ0) is 22.7. The normalized spacial score (nSPS) is 22.4. The Morgan fingerprint density at radius 1 is 1.12 bits per heavy atom. The van der Waals surface area contributed by atoms with E-state index < -0.39 is 17.4 Å². The van der Waals surface area contributed by atoms with Gasteiger partial charge in [0.2, 0.25) is 0 Å². The fourth-order valence-electron chi connectivity index (χ4n) is 4.58. The summed E-state index contributed by atoms with van der Waals surface area (Å²) >= 11 is 0. The minimum atomic E-state index is -1.21. The van der Waals surface area contributed by atoms with E-state index >= 15 is 0 Å². The van der Waals surface area contributed by atoms with E-state index in [-0.39, 0.29) is 12.5 Å². The van der Waals surface area contributed by atoms with Crippen LogP contribution in [0.3, 0.4) is 0 Å². The molecule has 1 heterocycles. The maximum absolute atomic E-state index is 13.6. The molecule has 2 aromatic rings. The van der Waals surface area contributed by atoms with Gasteiger partial charge in [-0.3, -0.25) is 4.79 Å². The molecule has 0 amide bonds. The van der Waals surface area contributed by atoms with Crippen LogP contribution >= 0.6 is 0 Å². The van der Waals surface area contributed by atoms with Crippen LogP contribution in [0.25, 0.3) is 6.08 Å². The summed E-state index contributed by atoms with van der Waals surface area (Å²) in [4.78, 5) is 26.3. The first-order valence-electron chi connectivity index (χ1n) is 10.7. The predicted molar refractivity (Wildman–Crippen MR) is 122 cm³/mol. The Labute approximate surface area is 188 Å². The number of hydrogen-bond acceptors (Lipinski definition) is 5. The lowest BCUT2D eigenvalue weighted by atomic mass is 9.66. The van der Waals surface area contributed by atoms with Crippen LogP contribution < -0.4 is 4.74 Å². The Bertz CT molecular complexity index is 1110. The smallest absolute Gasteiger partial charge is 0.339 e. The molecule has 2 aromatic carbocycles. The topological polar surface area (TPSA) is 61.8 Å². The van der Waals surface area contributed by atoms with Crippen molar-refractivity contribution in [2.24, 2.45) is 5.41 Å². The van der Waals surface area contributed by atoms with E-state index in [2.05, 4.69) is 0 Å². The second kappa shape index (κ2) is 8.87. The molecule has 1 aliphatic carbocycles. The van der Waals surface area contributed by atoms with Gasteiger partial charge in [-0.2, -0.15) is 0 Å². The van der Waals surface area contributed by atoms with Crippen molar-refractivity contribution in [1.29, 1.82) is 0 Å². The molecular weight excluding hydrogens is 404 g/mol. The third-order valence-corrected chi connectivity index (χ3v) is 6.15. The standard InChI is InChI=1S/C27H26O5/c1-4-31-26(29)27-22(15-12-19-10-13-21(30-3)14-11-19)18(2)25(28)32-24(27)17-16-23(27)20-8-6-5-7-9-20/h5-15,17,23H,4,16H2,1-3H3/b15-12+. The lowest BCUT2D eigenvalue weighted by molar-refractivity contribution is -0.156. The van der Waals surface area contributed by atoms with Gasteiger partial charge < -0.3 is 14.2 Å². The second-order valence-corrected chi connectivity index (χ2v) is 7.83. The summed E-state index contributed by atoms with van der Waals surface area (Å²) in [6.45, 7) is 3.72. The molecule has 1 aliphatic heterocycles. The van der Waals surface area contributed by atoms with Gasteiger partial charge in [-0.15, -0.1) is 0 Å². The number of ether oxygens (including phenoxy) is 3. The van der Waals surface area contributed by atoms with Crippen LogP contribution in [-0.4, -0.2) is 25.7 Å². The summed E-state index contributed by atoms with van der Waals surface area (Å²) in [6, 6.07) is 17.4. The number of esters is 2. The molecule has 0 aromatic heterocycles. The molecule has 0 N–H and O–H groups in total. The molecule has 0 fully saturated rings. The highest BCUT2D eigenvalue weighted by atomic mass is 16.6. The zero-order valence-electron chi connectivity index (χ0n) is 18.5. The number of methoxy groups -OCH3 is 1. The van der Waals surface area contributed by atoms with Gasteiger partial charge in [0.25, 0.3) is 0 Å². The van der Waals surface area contributed by atoms with Gasteiger partial charge in [0.05, 0.1) is 13.7 Å². The monoisotopic (exact) mass is 430 g/mol. The average Bonchev–Trinajstić information content (AvgIpc) is 3.20. The van der Waals surface area contributed by atoms with Gasteiger partial charge in [0.15, 0.2) is 5.41 Å². The van der Waals surface area contributed by atoms with Gasteiger partial charge in [-0.25, -0.2) is 4.79 Å². The Morgan fingerprint density at radius 2 is 1.84 bits per heavy atom. The van der Waals surface area contributed by atoms with E-state index in [0.717, 1.165) is 16.9 Å². The fourth-order valence-corrected chi connectivity index (χ4v) is 4.58. The molecule has 32 heavy (non-hydrogen) atoms. The van der Waals surface area contributed by atoms with Crippen molar-refractivity contribution in [2.45, 2.75) is 26.2 Å². The molecule has 4 rings (SSSR count). The van der Waals surface area contributed by atoms with Crippen molar-refractivity contribution in [3.8, 4) is 5.75 Å². The number of hydrogen-bond donors (Lipinski definition) is 0. The minimum Gasteiger partial charge on any atom is -0.497 e. The first kappa shape index (κ1) is 21.6. The van der Waals surface area contributed by atoms with Crippen LogP contribution in [0.15, 0.2) is 83.7 Å². The Hall–Kier alpha value is -3.60. The minimum absolute atomic E-state index is 0.234. The molecule has 5 nitrogen and oxygen atoms in total. The van der Waals surface area contributed by atoms with Crippen molar-refractivity contribution in [3.63, 3.8) is 0 Å². The summed E-state index contributed by atoms with van der Waals surface area (Å²) in [5.74, 6) is 0.0242. The molecule has 164 valence electrons. The predicted octanol–water partition coefficient (Wildman–Crippen LogP) is 5.20. The van der Waals surface area contributed by atoms with E-state index in [1.54, 1.807) is 21.0 Å². The highest BCUT2D eigenvalue weighted by Gasteiger charge is 2.60. The van der Waals surface area contributed by atoms with Gasteiger partial charge in [0.1, 0.15) is 11.5 Å². The molecule has 0 radical (unpaired) electrons. The Kier molecular flexibility index (Phi) is 5.99. The summed E-state index contributed by atoms with van der Waals surface area (Å²) in [5, 5.41) is 0. The van der Waals surface area contributed by atoms with Crippen molar-refractivity contribution < 1.29 is 23.8 Å². The van der Waals surface area contributed by atoms with Gasteiger partial charge in [0, 0.05) is 11.5 Å².